The molecule has 0 saturated heterocycles. The summed E-state index contributed by atoms with van der Waals surface area (Å²) in [6, 6.07) is 19.7. The van der Waals surface area contributed by atoms with Crippen LogP contribution in [-0.4, -0.2) is 31.4 Å². The van der Waals surface area contributed by atoms with Gasteiger partial charge in [-0.3, -0.25) is 9.59 Å². The molecular weight excluding hydrogens is 450 g/mol. The third-order valence-electron chi connectivity index (χ3n) is 4.23. The second kappa shape index (κ2) is 9.84. The number of rotatable bonds is 7. The molecule has 7 heteroatoms. The number of amides is 1. The lowest BCUT2D eigenvalue weighted by Gasteiger charge is -2.08. The van der Waals surface area contributed by atoms with Crippen LogP contribution in [0.4, 0.5) is 5.69 Å². The highest BCUT2D eigenvalue weighted by Crippen LogP contribution is 2.15. The molecule has 30 heavy (non-hydrogen) atoms. The Morgan fingerprint density at radius 2 is 1.37 bits per heavy atom. The van der Waals surface area contributed by atoms with Crippen LogP contribution in [-0.2, 0) is 4.74 Å². The normalized spacial score (nSPS) is 10.2. The van der Waals surface area contributed by atoms with Gasteiger partial charge in [0.2, 0.25) is 0 Å². The van der Waals surface area contributed by atoms with E-state index in [4.69, 9.17) is 9.47 Å². The molecule has 152 valence electrons. The van der Waals surface area contributed by atoms with Gasteiger partial charge in [-0.2, -0.15) is 0 Å². The first kappa shape index (κ1) is 21.3. The van der Waals surface area contributed by atoms with Crippen LogP contribution < -0.4 is 10.1 Å². The summed E-state index contributed by atoms with van der Waals surface area (Å²) < 4.78 is 11.0. The maximum absolute atomic E-state index is 12.2. The number of hydrogen-bond donors (Lipinski definition) is 1. The number of carbonyl (C=O) groups is 3. The van der Waals surface area contributed by atoms with Gasteiger partial charge in [-0.15, -0.1) is 0 Å². The third kappa shape index (κ3) is 5.55. The molecule has 0 spiro atoms. The molecule has 0 bridgehead atoms. The highest BCUT2D eigenvalue weighted by molar-refractivity contribution is 9.10. The van der Waals surface area contributed by atoms with E-state index >= 15 is 0 Å². The molecule has 3 aromatic carbocycles. The number of nitrogens with one attached hydrogen (secondary N) is 1. The third-order valence-corrected chi connectivity index (χ3v) is 4.76. The molecule has 0 aromatic heterocycles. The van der Waals surface area contributed by atoms with E-state index < -0.39 is 5.97 Å². The van der Waals surface area contributed by atoms with Crippen LogP contribution in [0.3, 0.4) is 0 Å². The Labute approximate surface area is 181 Å². The van der Waals surface area contributed by atoms with Crippen molar-refractivity contribution in [2.45, 2.75) is 0 Å². The van der Waals surface area contributed by atoms with E-state index in [9.17, 15) is 14.4 Å². The maximum Gasteiger partial charge on any atom is 0.338 e. The van der Waals surface area contributed by atoms with Crippen LogP contribution in [0.5, 0.6) is 5.75 Å². The van der Waals surface area contributed by atoms with Gasteiger partial charge in [0, 0.05) is 21.3 Å². The Balaban J connectivity index is 1.54. The van der Waals surface area contributed by atoms with Crippen molar-refractivity contribution in [1.29, 1.82) is 0 Å². The number of anilines is 1. The van der Waals surface area contributed by atoms with Crippen LogP contribution in [0.2, 0.25) is 0 Å². The Morgan fingerprint density at radius 3 is 1.97 bits per heavy atom. The van der Waals surface area contributed by atoms with Gasteiger partial charge in [-0.25, -0.2) is 4.79 Å². The smallest absolute Gasteiger partial charge is 0.338 e. The number of methoxy groups -OCH3 is 1. The molecule has 0 unspecified atom stereocenters. The molecule has 0 fully saturated rings. The molecule has 1 N–H and O–H groups in total. The van der Waals surface area contributed by atoms with Gasteiger partial charge >= 0.3 is 5.97 Å². The molecule has 0 heterocycles. The first-order valence-electron chi connectivity index (χ1n) is 8.97. The average molecular weight is 468 g/mol. The lowest BCUT2D eigenvalue weighted by molar-refractivity contribution is 0.0474. The van der Waals surface area contributed by atoms with E-state index in [1.807, 2.05) is 0 Å². The van der Waals surface area contributed by atoms with Crippen LogP contribution in [0.1, 0.15) is 31.1 Å². The fourth-order valence-electron chi connectivity index (χ4n) is 2.57. The van der Waals surface area contributed by atoms with Crippen molar-refractivity contribution in [3.8, 4) is 5.75 Å². The van der Waals surface area contributed by atoms with Crippen molar-refractivity contribution < 1.29 is 23.9 Å². The van der Waals surface area contributed by atoms with Crippen molar-refractivity contribution in [1.82, 2.24) is 0 Å². The topological polar surface area (TPSA) is 81.7 Å². The van der Waals surface area contributed by atoms with Gasteiger partial charge in [0.15, 0.2) is 12.4 Å². The second-order valence-electron chi connectivity index (χ2n) is 6.27. The minimum absolute atomic E-state index is 0.261. The van der Waals surface area contributed by atoms with E-state index in [-0.39, 0.29) is 23.9 Å². The first-order valence-corrected chi connectivity index (χ1v) is 9.77. The van der Waals surface area contributed by atoms with Crippen LogP contribution in [0.15, 0.2) is 77.3 Å². The largest absolute Gasteiger partial charge is 0.497 e. The minimum Gasteiger partial charge on any atom is -0.497 e. The summed E-state index contributed by atoms with van der Waals surface area (Å²) in [6.07, 6.45) is 0. The Hall–Kier alpha value is -3.45. The highest BCUT2D eigenvalue weighted by atomic mass is 79.9. The summed E-state index contributed by atoms with van der Waals surface area (Å²) in [5.74, 6) is -0.564. The van der Waals surface area contributed by atoms with Gasteiger partial charge in [0.1, 0.15) is 5.75 Å². The van der Waals surface area contributed by atoms with Crippen molar-refractivity contribution >= 4 is 39.3 Å². The number of Topliss-reactive ketones (excluding diaryl/α,β-unsaturated/α-hetero) is 1. The molecule has 0 aliphatic heterocycles. The van der Waals surface area contributed by atoms with E-state index in [1.165, 1.54) is 19.2 Å². The number of esters is 1. The van der Waals surface area contributed by atoms with E-state index in [2.05, 4.69) is 21.2 Å². The van der Waals surface area contributed by atoms with Crippen LogP contribution in [0, 0.1) is 0 Å². The molecular formula is C23H18BrNO5. The minimum atomic E-state index is -0.623. The summed E-state index contributed by atoms with van der Waals surface area (Å²) in [5.41, 5.74) is 1.75. The van der Waals surface area contributed by atoms with Crippen molar-refractivity contribution in [2.75, 3.05) is 19.0 Å². The fourth-order valence-corrected chi connectivity index (χ4v) is 2.83. The van der Waals surface area contributed by atoms with Crippen molar-refractivity contribution in [3.63, 3.8) is 0 Å². The predicted molar refractivity (Wildman–Crippen MR) is 116 cm³/mol. The SMILES string of the molecule is COc1ccc(C(=O)COC(=O)c2ccc(NC(=O)c3ccc(Br)cc3)cc2)cc1. The number of ether oxygens (including phenoxy) is 2. The summed E-state index contributed by atoms with van der Waals surface area (Å²) in [4.78, 5) is 36.6. The number of halogens is 1. The number of ketones is 1. The Kier molecular flexibility index (Phi) is 6.98. The van der Waals surface area contributed by atoms with Crippen LogP contribution in [0.25, 0.3) is 0 Å². The Bertz CT molecular complexity index is 1040. The standard InChI is InChI=1S/C23H18BrNO5/c1-29-20-12-6-15(7-13-20)21(26)14-30-23(28)17-4-10-19(11-5-17)25-22(27)16-2-8-18(24)9-3-16/h2-13H,14H2,1H3,(H,25,27). The summed E-state index contributed by atoms with van der Waals surface area (Å²) >= 11 is 3.32. The molecule has 0 aliphatic carbocycles. The van der Waals surface area contributed by atoms with Gasteiger partial charge in [0.25, 0.3) is 5.91 Å². The molecule has 0 aliphatic rings. The predicted octanol–water partition coefficient (Wildman–Crippen LogP) is 4.75. The molecule has 3 rings (SSSR count). The second-order valence-corrected chi connectivity index (χ2v) is 7.18. The molecule has 3 aromatic rings. The summed E-state index contributed by atoms with van der Waals surface area (Å²) in [6.45, 7) is -0.368. The van der Waals surface area contributed by atoms with E-state index in [0.29, 0.717) is 22.6 Å². The lowest BCUT2D eigenvalue weighted by atomic mass is 10.1. The first-order chi connectivity index (χ1) is 14.5. The van der Waals surface area contributed by atoms with E-state index in [0.717, 1.165) is 4.47 Å². The molecule has 0 radical (unpaired) electrons. The highest BCUT2D eigenvalue weighted by Gasteiger charge is 2.13. The molecule has 0 atom stereocenters. The van der Waals surface area contributed by atoms with Gasteiger partial charge in [-0.05, 0) is 72.8 Å². The average Bonchev–Trinajstić information content (AvgIpc) is 2.78. The summed E-state index contributed by atoms with van der Waals surface area (Å²) in [5, 5.41) is 2.75. The zero-order chi connectivity index (χ0) is 21.5. The van der Waals surface area contributed by atoms with Crippen LogP contribution >= 0.6 is 15.9 Å². The quantitative estimate of drug-likeness (QED) is 0.400. The molecule has 1 amide bonds. The zero-order valence-electron chi connectivity index (χ0n) is 16.1. The monoisotopic (exact) mass is 467 g/mol. The Morgan fingerprint density at radius 1 is 0.800 bits per heavy atom. The van der Waals surface area contributed by atoms with Gasteiger partial charge in [0.05, 0.1) is 12.7 Å². The van der Waals surface area contributed by atoms with E-state index in [1.54, 1.807) is 60.7 Å². The van der Waals surface area contributed by atoms with Crippen molar-refractivity contribution in [2.24, 2.45) is 0 Å². The molecule has 0 saturated carbocycles. The van der Waals surface area contributed by atoms with Gasteiger partial charge in [-0.1, -0.05) is 15.9 Å². The zero-order valence-corrected chi connectivity index (χ0v) is 17.6. The molecule has 6 nitrogen and oxygen atoms in total. The number of hydrogen-bond acceptors (Lipinski definition) is 5. The van der Waals surface area contributed by atoms with Gasteiger partial charge < -0.3 is 14.8 Å². The number of carbonyl (C=O) groups excluding carboxylic acids is 3. The van der Waals surface area contributed by atoms with Crippen molar-refractivity contribution in [3.05, 3.63) is 94.0 Å². The summed E-state index contributed by atoms with van der Waals surface area (Å²) in [7, 11) is 1.54. The maximum atomic E-state index is 12.2. The number of benzene rings is 3. The fraction of sp³-hybridized carbons (Fsp3) is 0.0870. The lowest BCUT2D eigenvalue weighted by Crippen LogP contribution is -2.15.